The third-order valence-corrected chi connectivity index (χ3v) is 4.10. The van der Waals surface area contributed by atoms with Crippen LogP contribution in [0, 0.1) is 6.92 Å². The first-order valence-corrected chi connectivity index (χ1v) is 8.16. The second-order valence-electron chi connectivity index (χ2n) is 4.52. The molecule has 114 valence electrons. The molecule has 3 nitrogen and oxygen atoms in total. The Kier molecular flexibility index (Phi) is 5.81. The van der Waals surface area contributed by atoms with Crippen LogP contribution < -0.4 is 10.6 Å². The number of nitrogens with one attached hydrogen (secondary N) is 2. The molecule has 2 aromatic carbocycles. The van der Waals surface area contributed by atoms with Crippen LogP contribution in [-0.4, -0.2) is 11.0 Å². The van der Waals surface area contributed by atoms with Gasteiger partial charge in [-0.25, -0.2) is 0 Å². The molecule has 2 aromatic rings. The summed E-state index contributed by atoms with van der Waals surface area (Å²) in [5.41, 5.74) is 1.94. The number of hydrogen-bond donors (Lipinski definition) is 2. The molecule has 0 aliphatic heterocycles. The highest BCUT2D eigenvalue weighted by atomic mass is 79.9. The van der Waals surface area contributed by atoms with E-state index in [1.165, 1.54) is 0 Å². The Morgan fingerprint density at radius 2 is 1.86 bits per heavy atom. The molecule has 0 bridgehead atoms. The zero-order valence-electron chi connectivity index (χ0n) is 11.4. The summed E-state index contributed by atoms with van der Waals surface area (Å²) in [5, 5.41) is 6.45. The Morgan fingerprint density at radius 3 is 2.50 bits per heavy atom. The van der Waals surface area contributed by atoms with E-state index >= 15 is 0 Å². The van der Waals surface area contributed by atoms with Gasteiger partial charge in [-0.15, -0.1) is 0 Å². The number of halogens is 3. The van der Waals surface area contributed by atoms with Crippen molar-refractivity contribution in [1.82, 2.24) is 5.32 Å². The monoisotopic (exact) mass is 416 g/mol. The predicted octanol–water partition coefficient (Wildman–Crippen LogP) is 5.19. The fourth-order valence-corrected chi connectivity index (χ4v) is 2.96. The summed E-state index contributed by atoms with van der Waals surface area (Å²) in [6.45, 7) is 1.90. The van der Waals surface area contributed by atoms with Crippen LogP contribution in [0.25, 0.3) is 0 Å². The van der Waals surface area contributed by atoms with E-state index in [-0.39, 0.29) is 11.0 Å². The Hall–Kier alpha value is -1.14. The number of carbonyl (C=O) groups excluding carboxylic acids is 1. The first-order chi connectivity index (χ1) is 10.4. The van der Waals surface area contributed by atoms with Gasteiger partial charge in [0, 0.05) is 4.47 Å². The van der Waals surface area contributed by atoms with Crippen LogP contribution in [0.15, 0.2) is 40.9 Å². The minimum Gasteiger partial charge on any atom is -0.331 e. The SMILES string of the molecule is Cc1ccc(C(=O)NC(=S)Nc2ccc(Br)cc2Cl)c(Cl)c1. The highest BCUT2D eigenvalue weighted by Crippen LogP contribution is 2.25. The lowest BCUT2D eigenvalue weighted by Gasteiger charge is -2.12. The summed E-state index contributed by atoms with van der Waals surface area (Å²) < 4.78 is 0.851. The van der Waals surface area contributed by atoms with Crippen molar-refractivity contribution in [2.75, 3.05) is 5.32 Å². The van der Waals surface area contributed by atoms with Crippen LogP contribution >= 0.6 is 51.3 Å². The van der Waals surface area contributed by atoms with Crippen LogP contribution in [0.1, 0.15) is 15.9 Å². The Balaban J connectivity index is 2.06. The zero-order chi connectivity index (χ0) is 16.3. The molecule has 0 saturated carbocycles. The van der Waals surface area contributed by atoms with E-state index in [1.807, 2.05) is 19.1 Å². The highest BCUT2D eigenvalue weighted by molar-refractivity contribution is 9.10. The second-order valence-corrected chi connectivity index (χ2v) is 6.65. The highest BCUT2D eigenvalue weighted by Gasteiger charge is 2.12. The molecule has 0 saturated heterocycles. The molecule has 7 heteroatoms. The second kappa shape index (κ2) is 7.42. The van der Waals surface area contributed by atoms with Crippen LogP contribution in [0.4, 0.5) is 5.69 Å². The fraction of sp³-hybridized carbons (Fsp3) is 0.0667. The number of aryl methyl sites for hydroxylation is 1. The quantitative estimate of drug-likeness (QED) is 0.660. The van der Waals surface area contributed by atoms with Crippen LogP contribution in [0.5, 0.6) is 0 Å². The molecule has 2 rings (SSSR count). The van der Waals surface area contributed by atoms with Crippen LogP contribution in [0.2, 0.25) is 10.0 Å². The molecule has 0 radical (unpaired) electrons. The van der Waals surface area contributed by atoms with Gasteiger partial charge in [0.2, 0.25) is 0 Å². The van der Waals surface area contributed by atoms with E-state index < -0.39 is 0 Å². The summed E-state index contributed by atoms with van der Waals surface area (Å²) >= 11 is 20.6. The standard InChI is InChI=1S/C15H11BrCl2N2OS/c1-8-2-4-10(11(17)6-8)14(21)20-15(22)19-13-5-3-9(16)7-12(13)18/h2-7H,1H3,(H2,19,20,21,22). The zero-order valence-corrected chi connectivity index (χ0v) is 15.3. The van der Waals surface area contributed by atoms with Crippen molar-refractivity contribution in [3.8, 4) is 0 Å². The number of benzene rings is 2. The maximum absolute atomic E-state index is 12.2. The van der Waals surface area contributed by atoms with Crippen molar-refractivity contribution in [2.45, 2.75) is 6.92 Å². The summed E-state index contributed by atoms with van der Waals surface area (Å²) in [6.07, 6.45) is 0. The average molecular weight is 418 g/mol. The molecule has 0 heterocycles. The lowest BCUT2D eigenvalue weighted by Crippen LogP contribution is -2.34. The molecule has 0 aliphatic carbocycles. The van der Waals surface area contributed by atoms with E-state index in [4.69, 9.17) is 35.4 Å². The van der Waals surface area contributed by atoms with Crippen molar-refractivity contribution in [2.24, 2.45) is 0 Å². The predicted molar refractivity (Wildman–Crippen MR) is 99.0 cm³/mol. The summed E-state index contributed by atoms with van der Waals surface area (Å²) in [4.78, 5) is 12.2. The van der Waals surface area contributed by atoms with Gasteiger partial charge in [-0.05, 0) is 55.0 Å². The van der Waals surface area contributed by atoms with E-state index in [2.05, 4.69) is 26.6 Å². The van der Waals surface area contributed by atoms with Gasteiger partial charge < -0.3 is 5.32 Å². The topological polar surface area (TPSA) is 41.1 Å². The molecule has 0 aliphatic rings. The van der Waals surface area contributed by atoms with E-state index in [9.17, 15) is 4.79 Å². The lowest BCUT2D eigenvalue weighted by atomic mass is 10.1. The molecular weight excluding hydrogens is 407 g/mol. The summed E-state index contributed by atoms with van der Waals surface area (Å²) in [6, 6.07) is 10.5. The maximum atomic E-state index is 12.2. The third-order valence-electron chi connectivity index (χ3n) is 2.78. The average Bonchev–Trinajstić information content (AvgIpc) is 2.41. The van der Waals surface area contributed by atoms with Gasteiger partial charge >= 0.3 is 0 Å². The number of hydrogen-bond acceptors (Lipinski definition) is 2. The lowest BCUT2D eigenvalue weighted by molar-refractivity contribution is 0.0978. The molecule has 22 heavy (non-hydrogen) atoms. The van der Waals surface area contributed by atoms with E-state index in [0.717, 1.165) is 10.0 Å². The smallest absolute Gasteiger partial charge is 0.258 e. The van der Waals surface area contributed by atoms with Crippen molar-refractivity contribution in [3.63, 3.8) is 0 Å². The first kappa shape index (κ1) is 17.2. The Labute approximate surface area is 152 Å². The Bertz CT molecular complexity index is 752. The molecule has 2 N–H and O–H groups in total. The van der Waals surface area contributed by atoms with Crippen molar-refractivity contribution < 1.29 is 4.79 Å². The largest absolute Gasteiger partial charge is 0.331 e. The van der Waals surface area contributed by atoms with Crippen LogP contribution in [0.3, 0.4) is 0 Å². The number of thiocarbonyl (C=S) groups is 1. The maximum Gasteiger partial charge on any atom is 0.258 e. The minimum atomic E-state index is -0.379. The van der Waals surface area contributed by atoms with Gasteiger partial charge in [0.25, 0.3) is 5.91 Å². The summed E-state index contributed by atoms with van der Waals surface area (Å²) in [7, 11) is 0. The third kappa shape index (κ3) is 4.43. The molecule has 0 fully saturated rings. The van der Waals surface area contributed by atoms with E-state index in [1.54, 1.807) is 24.3 Å². The fourth-order valence-electron chi connectivity index (χ4n) is 1.72. The molecular formula is C15H11BrCl2N2OS. The number of rotatable bonds is 2. The van der Waals surface area contributed by atoms with Gasteiger partial charge in [-0.1, -0.05) is 45.2 Å². The number of anilines is 1. The van der Waals surface area contributed by atoms with Gasteiger partial charge in [0.05, 0.1) is 21.3 Å². The van der Waals surface area contributed by atoms with Crippen molar-refractivity contribution in [3.05, 3.63) is 62.0 Å². The van der Waals surface area contributed by atoms with Crippen molar-refractivity contribution >= 4 is 68.1 Å². The van der Waals surface area contributed by atoms with Crippen molar-refractivity contribution in [1.29, 1.82) is 0 Å². The van der Waals surface area contributed by atoms with Gasteiger partial charge in [0.15, 0.2) is 5.11 Å². The normalized spacial score (nSPS) is 10.2. The van der Waals surface area contributed by atoms with E-state index in [0.29, 0.717) is 21.3 Å². The number of carbonyl (C=O) groups is 1. The van der Waals surface area contributed by atoms with Gasteiger partial charge in [-0.3, -0.25) is 10.1 Å². The van der Waals surface area contributed by atoms with Gasteiger partial charge in [0.1, 0.15) is 0 Å². The molecule has 0 aromatic heterocycles. The molecule has 0 spiro atoms. The van der Waals surface area contributed by atoms with Gasteiger partial charge in [-0.2, -0.15) is 0 Å². The van der Waals surface area contributed by atoms with Crippen LogP contribution in [-0.2, 0) is 0 Å². The molecule has 0 atom stereocenters. The Morgan fingerprint density at radius 1 is 1.14 bits per heavy atom. The minimum absolute atomic E-state index is 0.144. The molecule has 1 amide bonds. The number of amides is 1. The molecule has 0 unspecified atom stereocenters. The first-order valence-electron chi connectivity index (χ1n) is 6.20. The summed E-state index contributed by atoms with van der Waals surface area (Å²) in [5.74, 6) is -0.379.